The predicted octanol–water partition coefficient (Wildman–Crippen LogP) is 3.91. The SMILES string of the molecule is CSc1ccc(Br)c(I)c1F. The maximum Gasteiger partial charge on any atom is 0.151 e. The molecule has 0 fully saturated rings. The van der Waals surface area contributed by atoms with Gasteiger partial charge < -0.3 is 0 Å². The molecule has 0 aromatic heterocycles. The molecule has 0 radical (unpaired) electrons. The Bertz CT molecular complexity index is 277. The Hall–Kier alpha value is 0.710. The predicted molar refractivity (Wildman–Crippen MR) is 58.6 cm³/mol. The quantitative estimate of drug-likeness (QED) is 0.422. The van der Waals surface area contributed by atoms with E-state index in [0.29, 0.717) is 8.47 Å². The molecule has 1 aromatic carbocycles. The summed E-state index contributed by atoms with van der Waals surface area (Å²) in [6, 6.07) is 3.63. The van der Waals surface area contributed by atoms with Crippen LogP contribution in [0.15, 0.2) is 21.5 Å². The summed E-state index contributed by atoms with van der Waals surface area (Å²) in [7, 11) is 0. The van der Waals surface area contributed by atoms with E-state index in [1.165, 1.54) is 11.8 Å². The van der Waals surface area contributed by atoms with E-state index in [2.05, 4.69) is 15.9 Å². The lowest BCUT2D eigenvalue weighted by molar-refractivity contribution is 0.593. The average molecular weight is 347 g/mol. The molecule has 0 unspecified atom stereocenters. The van der Waals surface area contributed by atoms with E-state index in [0.717, 1.165) is 4.47 Å². The van der Waals surface area contributed by atoms with Gasteiger partial charge in [0, 0.05) is 9.37 Å². The van der Waals surface area contributed by atoms with Crippen LogP contribution >= 0.6 is 50.3 Å². The number of halogens is 3. The summed E-state index contributed by atoms with van der Waals surface area (Å²) in [6.45, 7) is 0. The summed E-state index contributed by atoms with van der Waals surface area (Å²) in [6.07, 6.45) is 1.86. The molecular weight excluding hydrogens is 342 g/mol. The Morgan fingerprint density at radius 1 is 1.55 bits per heavy atom. The Morgan fingerprint density at radius 3 is 2.73 bits per heavy atom. The first-order chi connectivity index (χ1) is 5.16. The van der Waals surface area contributed by atoms with Gasteiger partial charge in [0.2, 0.25) is 0 Å². The van der Waals surface area contributed by atoms with Gasteiger partial charge in [-0.1, -0.05) is 0 Å². The fourth-order valence-corrected chi connectivity index (χ4v) is 2.11. The van der Waals surface area contributed by atoms with Crippen molar-refractivity contribution >= 4 is 50.3 Å². The van der Waals surface area contributed by atoms with Crippen molar-refractivity contribution in [2.75, 3.05) is 6.26 Å². The maximum absolute atomic E-state index is 13.2. The number of rotatable bonds is 1. The minimum Gasteiger partial charge on any atom is -0.205 e. The second-order valence-electron chi connectivity index (χ2n) is 1.88. The molecule has 60 valence electrons. The van der Waals surface area contributed by atoms with Crippen LogP contribution in [0.3, 0.4) is 0 Å². The third kappa shape index (κ3) is 2.09. The van der Waals surface area contributed by atoms with Crippen LogP contribution in [0.1, 0.15) is 0 Å². The topological polar surface area (TPSA) is 0 Å². The standard InChI is InChI=1S/C7H5BrFIS/c1-11-5-3-2-4(8)7(10)6(5)9/h2-3H,1H3. The van der Waals surface area contributed by atoms with E-state index in [-0.39, 0.29) is 5.82 Å². The third-order valence-corrected chi connectivity index (χ3v) is 4.43. The molecule has 0 saturated carbocycles. The fourth-order valence-electron chi connectivity index (χ4n) is 0.666. The number of thioether (sulfide) groups is 1. The van der Waals surface area contributed by atoms with E-state index >= 15 is 0 Å². The molecular formula is C7H5BrFIS. The van der Waals surface area contributed by atoms with Crippen molar-refractivity contribution in [3.8, 4) is 0 Å². The van der Waals surface area contributed by atoms with Gasteiger partial charge in [-0.15, -0.1) is 11.8 Å². The number of hydrogen-bond acceptors (Lipinski definition) is 1. The number of benzene rings is 1. The smallest absolute Gasteiger partial charge is 0.151 e. The van der Waals surface area contributed by atoms with Gasteiger partial charge in [-0.05, 0) is 56.9 Å². The summed E-state index contributed by atoms with van der Waals surface area (Å²) in [4.78, 5) is 0.692. The van der Waals surface area contributed by atoms with Gasteiger partial charge in [0.05, 0.1) is 3.57 Å². The van der Waals surface area contributed by atoms with Crippen molar-refractivity contribution in [2.24, 2.45) is 0 Å². The molecule has 0 spiro atoms. The molecule has 1 rings (SSSR count). The fraction of sp³-hybridized carbons (Fsp3) is 0.143. The molecule has 0 amide bonds. The van der Waals surface area contributed by atoms with Crippen LogP contribution in [0.5, 0.6) is 0 Å². The van der Waals surface area contributed by atoms with E-state index in [1.54, 1.807) is 6.07 Å². The molecule has 0 heterocycles. The zero-order valence-electron chi connectivity index (χ0n) is 5.70. The van der Waals surface area contributed by atoms with E-state index < -0.39 is 0 Å². The van der Waals surface area contributed by atoms with Crippen molar-refractivity contribution in [2.45, 2.75) is 4.90 Å². The molecule has 4 heteroatoms. The monoisotopic (exact) mass is 346 g/mol. The highest BCUT2D eigenvalue weighted by atomic mass is 127. The molecule has 0 bridgehead atoms. The Balaban J connectivity index is 3.25. The highest BCUT2D eigenvalue weighted by Crippen LogP contribution is 2.28. The molecule has 0 aliphatic carbocycles. The minimum atomic E-state index is -0.132. The molecule has 0 N–H and O–H groups in total. The lowest BCUT2D eigenvalue weighted by Gasteiger charge is -2.02. The van der Waals surface area contributed by atoms with Crippen molar-refractivity contribution in [1.82, 2.24) is 0 Å². The Kier molecular flexibility index (Phi) is 3.64. The van der Waals surface area contributed by atoms with E-state index in [9.17, 15) is 4.39 Å². The molecule has 0 aliphatic heterocycles. The second kappa shape index (κ2) is 4.09. The van der Waals surface area contributed by atoms with Crippen LogP contribution in [0, 0.1) is 9.39 Å². The van der Waals surface area contributed by atoms with Gasteiger partial charge >= 0.3 is 0 Å². The zero-order valence-corrected chi connectivity index (χ0v) is 10.3. The van der Waals surface area contributed by atoms with Gasteiger partial charge in [0.15, 0.2) is 5.82 Å². The molecule has 1 aromatic rings. The van der Waals surface area contributed by atoms with Crippen LogP contribution in [0.2, 0.25) is 0 Å². The van der Waals surface area contributed by atoms with Gasteiger partial charge in [-0.3, -0.25) is 0 Å². The van der Waals surface area contributed by atoms with Crippen molar-refractivity contribution in [1.29, 1.82) is 0 Å². The molecule has 0 nitrogen and oxygen atoms in total. The molecule has 11 heavy (non-hydrogen) atoms. The van der Waals surface area contributed by atoms with Crippen LogP contribution in [0.25, 0.3) is 0 Å². The lowest BCUT2D eigenvalue weighted by Crippen LogP contribution is -1.86. The first-order valence-electron chi connectivity index (χ1n) is 2.84. The summed E-state index contributed by atoms with van der Waals surface area (Å²) < 4.78 is 14.7. The number of hydrogen-bond donors (Lipinski definition) is 0. The summed E-state index contributed by atoms with van der Waals surface area (Å²) in [5.74, 6) is -0.132. The second-order valence-corrected chi connectivity index (χ2v) is 4.66. The largest absolute Gasteiger partial charge is 0.205 e. The first kappa shape index (κ1) is 9.80. The lowest BCUT2D eigenvalue weighted by atomic mass is 10.3. The van der Waals surface area contributed by atoms with Crippen molar-refractivity contribution in [3.05, 3.63) is 26.0 Å². The molecule has 0 aliphatic rings. The van der Waals surface area contributed by atoms with Crippen LogP contribution in [0.4, 0.5) is 4.39 Å². The van der Waals surface area contributed by atoms with Gasteiger partial charge in [-0.2, -0.15) is 0 Å². The van der Waals surface area contributed by atoms with Gasteiger partial charge in [-0.25, -0.2) is 4.39 Å². The zero-order chi connectivity index (χ0) is 8.43. The van der Waals surface area contributed by atoms with E-state index in [4.69, 9.17) is 0 Å². The van der Waals surface area contributed by atoms with Crippen LogP contribution in [-0.2, 0) is 0 Å². The Morgan fingerprint density at radius 2 is 2.18 bits per heavy atom. The van der Waals surface area contributed by atoms with Crippen molar-refractivity contribution in [3.63, 3.8) is 0 Å². The average Bonchev–Trinajstić information content (AvgIpc) is 2.01. The van der Waals surface area contributed by atoms with E-state index in [1.807, 2.05) is 34.9 Å². The summed E-state index contributed by atoms with van der Waals surface area (Å²) in [5, 5.41) is 0. The van der Waals surface area contributed by atoms with Gasteiger partial charge in [0.25, 0.3) is 0 Å². The third-order valence-electron chi connectivity index (χ3n) is 1.22. The summed E-state index contributed by atoms with van der Waals surface area (Å²) in [5.41, 5.74) is 0. The van der Waals surface area contributed by atoms with Gasteiger partial charge in [0.1, 0.15) is 0 Å². The molecule has 0 atom stereocenters. The maximum atomic E-state index is 13.2. The first-order valence-corrected chi connectivity index (χ1v) is 5.94. The van der Waals surface area contributed by atoms with Crippen molar-refractivity contribution < 1.29 is 4.39 Å². The van der Waals surface area contributed by atoms with Crippen LogP contribution in [-0.4, -0.2) is 6.26 Å². The van der Waals surface area contributed by atoms with Crippen LogP contribution < -0.4 is 0 Å². The Labute approximate surface area is 91.2 Å². The minimum absolute atomic E-state index is 0.132. The summed E-state index contributed by atoms with van der Waals surface area (Å²) >= 11 is 6.65. The highest BCUT2D eigenvalue weighted by molar-refractivity contribution is 14.1. The highest BCUT2D eigenvalue weighted by Gasteiger charge is 2.07. The molecule has 0 saturated heterocycles. The normalized spacial score (nSPS) is 10.2.